The van der Waals surface area contributed by atoms with Gasteiger partial charge in [0.1, 0.15) is 5.76 Å². The van der Waals surface area contributed by atoms with E-state index in [9.17, 15) is 0 Å². The van der Waals surface area contributed by atoms with E-state index < -0.39 is 0 Å². The molecule has 16 heavy (non-hydrogen) atoms. The fraction of sp³-hybridized carbons (Fsp3) is 0.308. The highest BCUT2D eigenvalue weighted by molar-refractivity contribution is 5.38. The Hall–Kier alpha value is -1.61. The van der Waals surface area contributed by atoms with Crippen LogP contribution < -0.4 is 5.73 Å². The summed E-state index contributed by atoms with van der Waals surface area (Å²) < 4.78 is 5.39. The molecule has 2 heterocycles. The largest absolute Gasteiger partial charge is 0.468 e. The number of nitrogens with two attached hydrogens (primary N) is 1. The molecule has 0 aromatic carbocycles. The number of rotatable bonds is 2. The summed E-state index contributed by atoms with van der Waals surface area (Å²) in [4.78, 5) is 4.49. The van der Waals surface area contributed by atoms with E-state index in [0.29, 0.717) is 12.5 Å². The van der Waals surface area contributed by atoms with Gasteiger partial charge in [-0.25, -0.2) is 0 Å². The Bertz CT molecular complexity index is 504. The number of pyridine rings is 1. The van der Waals surface area contributed by atoms with Gasteiger partial charge in [0.15, 0.2) is 0 Å². The second-order valence-corrected chi connectivity index (χ2v) is 4.14. The van der Waals surface area contributed by atoms with Gasteiger partial charge in [-0.1, -0.05) is 6.07 Å². The summed E-state index contributed by atoms with van der Waals surface area (Å²) in [5.74, 6) is 1.26. The van der Waals surface area contributed by atoms with Crippen LogP contribution in [0.4, 0.5) is 0 Å². The summed E-state index contributed by atoms with van der Waals surface area (Å²) in [6.45, 7) is 0.459. The molecule has 0 saturated heterocycles. The number of hydrogen-bond acceptors (Lipinski definition) is 3. The Morgan fingerprint density at radius 3 is 3.25 bits per heavy atom. The van der Waals surface area contributed by atoms with E-state index in [-0.39, 0.29) is 0 Å². The normalized spacial score (nSPS) is 18.7. The van der Waals surface area contributed by atoms with Crippen molar-refractivity contribution in [1.29, 1.82) is 0 Å². The summed E-state index contributed by atoms with van der Waals surface area (Å²) in [5, 5.41) is 0. The minimum absolute atomic E-state index is 0.369. The number of aromatic nitrogens is 1. The first-order chi connectivity index (χ1) is 7.90. The molecule has 3 rings (SSSR count). The van der Waals surface area contributed by atoms with Gasteiger partial charge in [0.05, 0.1) is 18.5 Å². The molecule has 0 spiro atoms. The quantitative estimate of drug-likeness (QED) is 0.833. The average molecular weight is 214 g/mol. The van der Waals surface area contributed by atoms with Gasteiger partial charge < -0.3 is 10.2 Å². The molecule has 1 unspecified atom stereocenters. The van der Waals surface area contributed by atoms with Gasteiger partial charge in [0.2, 0.25) is 0 Å². The maximum Gasteiger partial charge on any atom is 0.121 e. The summed E-state index contributed by atoms with van der Waals surface area (Å²) in [6, 6.07) is 6.18. The average Bonchev–Trinajstić information content (AvgIpc) is 2.94. The number of fused-ring (bicyclic) bond motifs is 1. The molecule has 3 heteroatoms. The number of furan rings is 1. The van der Waals surface area contributed by atoms with Gasteiger partial charge in [-0.2, -0.15) is 0 Å². The van der Waals surface area contributed by atoms with Crippen LogP contribution >= 0.6 is 0 Å². The molecule has 0 saturated carbocycles. The Balaban J connectivity index is 2.04. The predicted octanol–water partition coefficient (Wildman–Crippen LogP) is 2.21. The zero-order valence-corrected chi connectivity index (χ0v) is 9.02. The maximum absolute atomic E-state index is 5.67. The van der Waals surface area contributed by atoms with Crippen molar-refractivity contribution < 1.29 is 4.42 Å². The lowest BCUT2D eigenvalue weighted by Gasteiger charge is -2.09. The third-order valence-corrected chi connectivity index (χ3v) is 3.30. The molecule has 1 atom stereocenters. The van der Waals surface area contributed by atoms with Crippen molar-refractivity contribution in [2.45, 2.75) is 25.3 Å². The van der Waals surface area contributed by atoms with Crippen LogP contribution in [0, 0.1) is 0 Å². The maximum atomic E-state index is 5.67. The molecule has 0 bridgehead atoms. The molecule has 0 aliphatic heterocycles. The van der Waals surface area contributed by atoms with Crippen LogP contribution in [0.25, 0.3) is 0 Å². The lowest BCUT2D eigenvalue weighted by atomic mass is 9.97. The molecule has 1 aliphatic rings. The van der Waals surface area contributed by atoms with Crippen molar-refractivity contribution in [2.75, 3.05) is 0 Å². The molecule has 0 amide bonds. The van der Waals surface area contributed by atoms with E-state index in [1.54, 1.807) is 6.26 Å². The Kier molecular flexibility index (Phi) is 2.26. The molecular weight excluding hydrogens is 200 g/mol. The van der Waals surface area contributed by atoms with Crippen LogP contribution in [0.2, 0.25) is 0 Å². The molecular formula is C13H14N2O. The lowest BCUT2D eigenvalue weighted by Crippen LogP contribution is -2.04. The Morgan fingerprint density at radius 1 is 1.44 bits per heavy atom. The van der Waals surface area contributed by atoms with E-state index in [4.69, 9.17) is 10.2 Å². The van der Waals surface area contributed by atoms with Gasteiger partial charge in [0.25, 0.3) is 0 Å². The Morgan fingerprint density at radius 2 is 2.38 bits per heavy atom. The summed E-state index contributed by atoms with van der Waals surface area (Å²) in [6.07, 6.45) is 5.79. The van der Waals surface area contributed by atoms with E-state index in [0.717, 1.165) is 18.6 Å². The number of nitrogens with zero attached hydrogens (tertiary/aromatic N) is 1. The molecule has 1 aliphatic carbocycles. The first kappa shape index (κ1) is 9.60. The summed E-state index contributed by atoms with van der Waals surface area (Å²) in [5.41, 5.74) is 9.43. The minimum atomic E-state index is 0.369. The zero-order valence-electron chi connectivity index (χ0n) is 9.02. The highest BCUT2D eigenvalue weighted by atomic mass is 16.3. The van der Waals surface area contributed by atoms with E-state index in [1.807, 2.05) is 18.3 Å². The smallest absolute Gasteiger partial charge is 0.121 e. The van der Waals surface area contributed by atoms with E-state index in [1.165, 1.54) is 16.8 Å². The topological polar surface area (TPSA) is 52.0 Å². The molecule has 82 valence electrons. The first-order valence-electron chi connectivity index (χ1n) is 5.60. The van der Waals surface area contributed by atoms with Crippen molar-refractivity contribution in [3.8, 4) is 0 Å². The lowest BCUT2D eigenvalue weighted by molar-refractivity contribution is 0.504. The second-order valence-electron chi connectivity index (χ2n) is 4.14. The predicted molar refractivity (Wildman–Crippen MR) is 61.0 cm³/mol. The van der Waals surface area contributed by atoms with Crippen molar-refractivity contribution in [2.24, 2.45) is 5.73 Å². The minimum Gasteiger partial charge on any atom is -0.468 e. The zero-order chi connectivity index (χ0) is 11.0. The SMILES string of the molecule is NCc1occc1C1CCc2cccnc21. The molecule has 3 nitrogen and oxygen atoms in total. The molecule has 2 aromatic heterocycles. The van der Waals surface area contributed by atoms with Crippen LogP contribution in [0.5, 0.6) is 0 Å². The van der Waals surface area contributed by atoms with Gasteiger partial charge in [-0.05, 0) is 30.5 Å². The summed E-state index contributed by atoms with van der Waals surface area (Å²) in [7, 11) is 0. The fourth-order valence-electron chi connectivity index (χ4n) is 2.54. The number of aryl methyl sites for hydroxylation is 1. The highest BCUT2D eigenvalue weighted by Crippen LogP contribution is 2.38. The van der Waals surface area contributed by atoms with Crippen LogP contribution in [0.3, 0.4) is 0 Å². The summed E-state index contributed by atoms with van der Waals surface area (Å²) >= 11 is 0. The third-order valence-electron chi connectivity index (χ3n) is 3.30. The van der Waals surface area contributed by atoms with E-state index >= 15 is 0 Å². The monoisotopic (exact) mass is 214 g/mol. The first-order valence-corrected chi connectivity index (χ1v) is 5.60. The Labute approximate surface area is 94.3 Å². The van der Waals surface area contributed by atoms with Crippen molar-refractivity contribution in [3.05, 3.63) is 53.2 Å². The van der Waals surface area contributed by atoms with Crippen LogP contribution in [-0.2, 0) is 13.0 Å². The van der Waals surface area contributed by atoms with Gasteiger partial charge in [0, 0.05) is 17.7 Å². The van der Waals surface area contributed by atoms with Crippen molar-refractivity contribution in [1.82, 2.24) is 4.98 Å². The van der Waals surface area contributed by atoms with Gasteiger partial charge in [-0.15, -0.1) is 0 Å². The molecule has 0 radical (unpaired) electrons. The second kappa shape index (κ2) is 3.76. The van der Waals surface area contributed by atoms with Crippen molar-refractivity contribution in [3.63, 3.8) is 0 Å². The van der Waals surface area contributed by atoms with Crippen molar-refractivity contribution >= 4 is 0 Å². The standard InChI is InChI=1S/C13H14N2O/c14-8-12-10(5-7-16-12)11-4-3-9-2-1-6-15-13(9)11/h1-2,5-7,11H,3-4,8,14H2. The number of hydrogen-bond donors (Lipinski definition) is 1. The van der Waals surface area contributed by atoms with Crippen LogP contribution in [0.1, 0.15) is 34.9 Å². The third kappa shape index (κ3) is 1.36. The van der Waals surface area contributed by atoms with Crippen LogP contribution in [0.15, 0.2) is 35.1 Å². The molecule has 0 fully saturated rings. The highest BCUT2D eigenvalue weighted by Gasteiger charge is 2.27. The van der Waals surface area contributed by atoms with Gasteiger partial charge >= 0.3 is 0 Å². The van der Waals surface area contributed by atoms with E-state index in [2.05, 4.69) is 11.1 Å². The molecule has 2 aromatic rings. The fourth-order valence-corrected chi connectivity index (χ4v) is 2.54. The van der Waals surface area contributed by atoms with Crippen LogP contribution in [-0.4, -0.2) is 4.98 Å². The van der Waals surface area contributed by atoms with Gasteiger partial charge in [-0.3, -0.25) is 4.98 Å². The molecule has 2 N–H and O–H groups in total.